The van der Waals surface area contributed by atoms with Gasteiger partial charge in [0.15, 0.2) is 0 Å². The molecule has 0 aliphatic heterocycles. The van der Waals surface area contributed by atoms with Crippen LogP contribution in [0.3, 0.4) is 0 Å². The van der Waals surface area contributed by atoms with Crippen LogP contribution in [0.4, 0.5) is 0 Å². The maximum Gasteiger partial charge on any atom is 0.0498 e. The molecule has 102 valence electrons. The third kappa shape index (κ3) is 2.45. The Morgan fingerprint density at radius 2 is 1.95 bits per heavy atom. The molecule has 0 aliphatic carbocycles. The summed E-state index contributed by atoms with van der Waals surface area (Å²) in [7, 11) is 0. The Bertz CT molecular complexity index is 744. The van der Waals surface area contributed by atoms with Gasteiger partial charge in [0.25, 0.3) is 0 Å². The van der Waals surface area contributed by atoms with E-state index in [4.69, 9.17) is 17.3 Å². The van der Waals surface area contributed by atoms with E-state index in [1.807, 2.05) is 31.2 Å². The van der Waals surface area contributed by atoms with Crippen LogP contribution < -0.4 is 5.73 Å². The molecule has 3 aromatic rings. The number of para-hydroxylation sites is 1. The third-order valence-corrected chi connectivity index (χ3v) is 3.69. The van der Waals surface area contributed by atoms with Gasteiger partial charge >= 0.3 is 0 Å². The van der Waals surface area contributed by atoms with Crippen LogP contribution in [0, 0.1) is 0 Å². The maximum absolute atomic E-state index is 6.11. The molecule has 1 heterocycles. The van der Waals surface area contributed by atoms with E-state index >= 15 is 0 Å². The minimum atomic E-state index is 0.118. The summed E-state index contributed by atoms with van der Waals surface area (Å²) in [5.74, 6) is 0. The van der Waals surface area contributed by atoms with Crippen molar-refractivity contribution in [1.29, 1.82) is 0 Å². The van der Waals surface area contributed by atoms with Gasteiger partial charge in [-0.2, -0.15) is 0 Å². The topological polar surface area (TPSA) is 41.8 Å². The molecule has 1 atom stereocenters. The molecule has 0 bridgehead atoms. The lowest BCUT2D eigenvalue weighted by Crippen LogP contribution is -2.18. The molecular formula is C17H17ClN2. The number of nitrogens with two attached hydrogens (primary N) is 1. The molecule has 1 aromatic heterocycles. The second kappa shape index (κ2) is 5.31. The molecule has 0 aliphatic rings. The number of halogens is 1. The van der Waals surface area contributed by atoms with Gasteiger partial charge in [0.1, 0.15) is 0 Å². The average Bonchev–Trinajstić information content (AvgIpc) is 2.77. The molecule has 3 heteroatoms. The Hall–Kier alpha value is -1.77. The van der Waals surface area contributed by atoms with Crippen molar-refractivity contribution in [3.05, 3.63) is 59.1 Å². The smallest absolute Gasteiger partial charge is 0.0498 e. The van der Waals surface area contributed by atoms with Gasteiger partial charge in [0.2, 0.25) is 0 Å². The second-order valence-corrected chi connectivity index (χ2v) is 5.65. The summed E-state index contributed by atoms with van der Waals surface area (Å²) in [6, 6.07) is 16.4. The average molecular weight is 285 g/mol. The Morgan fingerprint density at radius 1 is 1.15 bits per heavy atom. The van der Waals surface area contributed by atoms with Crippen molar-refractivity contribution in [2.75, 3.05) is 0 Å². The van der Waals surface area contributed by atoms with Crippen LogP contribution in [0.5, 0.6) is 0 Å². The van der Waals surface area contributed by atoms with Crippen LogP contribution in [0.1, 0.15) is 12.5 Å². The highest BCUT2D eigenvalue weighted by Crippen LogP contribution is 2.32. The maximum atomic E-state index is 6.11. The molecule has 20 heavy (non-hydrogen) atoms. The van der Waals surface area contributed by atoms with Crippen LogP contribution in [-0.4, -0.2) is 11.0 Å². The zero-order valence-electron chi connectivity index (χ0n) is 11.4. The van der Waals surface area contributed by atoms with Crippen molar-refractivity contribution in [2.45, 2.75) is 19.4 Å². The fourth-order valence-electron chi connectivity index (χ4n) is 2.62. The minimum absolute atomic E-state index is 0.118. The van der Waals surface area contributed by atoms with Gasteiger partial charge in [-0.3, -0.25) is 0 Å². The number of aromatic nitrogens is 1. The predicted molar refractivity (Wildman–Crippen MR) is 86.1 cm³/mol. The predicted octanol–water partition coefficient (Wildman–Crippen LogP) is 4.38. The Morgan fingerprint density at radius 3 is 2.70 bits per heavy atom. The van der Waals surface area contributed by atoms with E-state index in [2.05, 4.69) is 29.2 Å². The fourth-order valence-corrected chi connectivity index (χ4v) is 2.81. The summed E-state index contributed by atoms with van der Waals surface area (Å²) in [4.78, 5) is 3.50. The molecule has 3 N–H and O–H groups in total. The molecule has 2 nitrogen and oxygen atoms in total. The molecule has 0 fully saturated rings. The summed E-state index contributed by atoms with van der Waals surface area (Å²) < 4.78 is 0. The second-order valence-electron chi connectivity index (χ2n) is 5.22. The van der Waals surface area contributed by atoms with Gasteiger partial charge in [-0.05, 0) is 42.7 Å². The standard InChI is InChI=1S/C17H17ClN2/c1-11(19)9-15-14-7-2-3-8-16(14)20-17(15)12-5-4-6-13(18)10-12/h2-8,10-11,20H,9,19H2,1H3. The highest BCUT2D eigenvalue weighted by molar-refractivity contribution is 6.30. The molecule has 0 saturated carbocycles. The number of fused-ring (bicyclic) bond motifs is 1. The molecule has 1 unspecified atom stereocenters. The van der Waals surface area contributed by atoms with Crippen LogP contribution in [0.25, 0.3) is 22.2 Å². The van der Waals surface area contributed by atoms with Crippen LogP contribution in [0.2, 0.25) is 5.02 Å². The Balaban J connectivity index is 2.23. The van der Waals surface area contributed by atoms with Crippen molar-refractivity contribution in [2.24, 2.45) is 5.73 Å². The lowest BCUT2D eigenvalue weighted by Gasteiger charge is -2.08. The van der Waals surface area contributed by atoms with Crippen LogP contribution >= 0.6 is 11.6 Å². The zero-order valence-corrected chi connectivity index (χ0v) is 12.1. The first kappa shape index (κ1) is 13.2. The lowest BCUT2D eigenvalue weighted by molar-refractivity contribution is 0.742. The van der Waals surface area contributed by atoms with Gasteiger partial charge in [-0.25, -0.2) is 0 Å². The van der Waals surface area contributed by atoms with E-state index in [1.54, 1.807) is 0 Å². The lowest BCUT2D eigenvalue weighted by atomic mass is 10.00. The Kier molecular flexibility index (Phi) is 3.51. The van der Waals surface area contributed by atoms with E-state index in [9.17, 15) is 0 Å². The molecule has 2 aromatic carbocycles. The number of hydrogen-bond donors (Lipinski definition) is 2. The molecule has 0 amide bonds. The zero-order chi connectivity index (χ0) is 14.1. The SMILES string of the molecule is CC(N)Cc1c(-c2cccc(Cl)c2)[nH]c2ccccc12. The molecule has 3 rings (SSSR count). The largest absolute Gasteiger partial charge is 0.354 e. The number of rotatable bonds is 3. The van der Waals surface area contributed by atoms with Crippen molar-refractivity contribution in [3.63, 3.8) is 0 Å². The third-order valence-electron chi connectivity index (χ3n) is 3.45. The van der Waals surface area contributed by atoms with Crippen molar-refractivity contribution in [3.8, 4) is 11.3 Å². The quantitative estimate of drug-likeness (QED) is 0.736. The minimum Gasteiger partial charge on any atom is -0.354 e. The molecule has 0 radical (unpaired) electrons. The summed E-state index contributed by atoms with van der Waals surface area (Å²) in [6.07, 6.45) is 0.839. The van der Waals surface area contributed by atoms with Gasteiger partial charge in [-0.15, -0.1) is 0 Å². The van der Waals surface area contributed by atoms with Gasteiger partial charge in [0, 0.05) is 27.7 Å². The van der Waals surface area contributed by atoms with E-state index in [1.165, 1.54) is 10.9 Å². The summed E-state index contributed by atoms with van der Waals surface area (Å²) in [5.41, 5.74) is 10.6. The van der Waals surface area contributed by atoms with Crippen LogP contribution in [0.15, 0.2) is 48.5 Å². The first-order valence-electron chi connectivity index (χ1n) is 6.76. The highest BCUT2D eigenvalue weighted by atomic mass is 35.5. The summed E-state index contributed by atoms with van der Waals surface area (Å²) in [5, 5.41) is 1.98. The van der Waals surface area contributed by atoms with Gasteiger partial charge < -0.3 is 10.7 Å². The summed E-state index contributed by atoms with van der Waals surface area (Å²) >= 11 is 6.11. The molecule has 0 saturated heterocycles. The van der Waals surface area contributed by atoms with Crippen molar-refractivity contribution >= 4 is 22.5 Å². The van der Waals surface area contributed by atoms with E-state index in [-0.39, 0.29) is 6.04 Å². The monoisotopic (exact) mass is 284 g/mol. The number of nitrogens with one attached hydrogen (secondary N) is 1. The fraction of sp³-hybridized carbons (Fsp3) is 0.176. The first-order valence-corrected chi connectivity index (χ1v) is 7.14. The van der Waals surface area contributed by atoms with Gasteiger partial charge in [0.05, 0.1) is 0 Å². The molecular weight excluding hydrogens is 268 g/mol. The normalized spacial score (nSPS) is 12.8. The van der Waals surface area contributed by atoms with E-state index < -0.39 is 0 Å². The Labute approximate surface area is 123 Å². The van der Waals surface area contributed by atoms with E-state index in [0.717, 1.165) is 28.2 Å². The van der Waals surface area contributed by atoms with Crippen molar-refractivity contribution in [1.82, 2.24) is 4.98 Å². The van der Waals surface area contributed by atoms with Crippen LogP contribution in [-0.2, 0) is 6.42 Å². The highest BCUT2D eigenvalue weighted by Gasteiger charge is 2.14. The van der Waals surface area contributed by atoms with Gasteiger partial charge in [-0.1, -0.05) is 41.9 Å². The van der Waals surface area contributed by atoms with Crippen molar-refractivity contribution < 1.29 is 0 Å². The van der Waals surface area contributed by atoms with E-state index in [0.29, 0.717) is 0 Å². The number of H-pyrrole nitrogens is 1. The molecule has 0 spiro atoms. The number of hydrogen-bond acceptors (Lipinski definition) is 1. The summed E-state index contributed by atoms with van der Waals surface area (Å²) in [6.45, 7) is 2.03. The number of benzene rings is 2. The number of aromatic amines is 1. The first-order chi connectivity index (χ1) is 9.65.